The largest absolute Gasteiger partial charge is 0.491 e. The average Bonchev–Trinajstić information content (AvgIpc) is 3.88. The van der Waals surface area contributed by atoms with Gasteiger partial charge in [-0.3, -0.25) is 0 Å². The Bertz CT molecular complexity index is 1840. The zero-order valence-electron chi connectivity index (χ0n) is 29.3. The molecule has 2 heterocycles. The first-order valence-electron chi connectivity index (χ1n) is 18.0. The van der Waals surface area contributed by atoms with Crippen LogP contribution in [-0.4, -0.2) is 99.8 Å². The van der Waals surface area contributed by atoms with Gasteiger partial charge >= 0.3 is 0 Å². The van der Waals surface area contributed by atoms with E-state index >= 15 is 0 Å². The van der Waals surface area contributed by atoms with Crippen LogP contribution in [0.1, 0.15) is 57.4 Å². The number of benzene rings is 3. The van der Waals surface area contributed by atoms with E-state index in [1.165, 1.54) is 17.7 Å². The van der Waals surface area contributed by atoms with Gasteiger partial charge in [0.25, 0.3) is 0 Å². The molecule has 11 nitrogen and oxygen atoms in total. The van der Waals surface area contributed by atoms with Crippen molar-refractivity contribution in [1.82, 2.24) is 14.9 Å². The molecule has 3 aromatic carbocycles. The number of nitrogens with one attached hydrogen (secondary N) is 2. The van der Waals surface area contributed by atoms with E-state index in [2.05, 4.69) is 29.7 Å². The summed E-state index contributed by atoms with van der Waals surface area (Å²) in [7, 11) is -7.36. The Labute approximate surface area is 302 Å². The summed E-state index contributed by atoms with van der Waals surface area (Å²) in [5.74, 6) is 0.334. The SMILES string of the molecule is CCCCNCc1ccc(-c2cccc(S(=O)(=O)N3CCC4(CC3)C[C@H](NCC(O)COc3cccc(S(=O)(=O)C5(CO)CC5)c3)CO4)c2)cc1. The Balaban J connectivity index is 0.960. The Morgan fingerprint density at radius 1 is 0.941 bits per heavy atom. The molecule has 2 aliphatic heterocycles. The minimum atomic E-state index is -3.68. The second-order valence-electron chi connectivity index (χ2n) is 14.2. The molecule has 0 amide bonds. The van der Waals surface area contributed by atoms with Crippen LogP contribution in [0.5, 0.6) is 5.75 Å². The van der Waals surface area contributed by atoms with Gasteiger partial charge in [0.05, 0.1) is 33.4 Å². The Kier molecular flexibility index (Phi) is 11.9. The molecule has 2 atom stereocenters. The molecule has 1 unspecified atom stereocenters. The second-order valence-corrected chi connectivity index (χ2v) is 18.5. The lowest BCUT2D eigenvalue weighted by molar-refractivity contribution is -0.0312. The highest BCUT2D eigenvalue weighted by atomic mass is 32.2. The second kappa shape index (κ2) is 16.0. The molecule has 0 aromatic heterocycles. The standard InChI is InChI=1S/C38H51N3O8S2/c1-2-3-18-39-24-29-10-12-30(13-11-29)31-6-4-9-36(21-31)51(46,47)41-19-16-37(17-20-41)23-32(26-49-37)40-25-33(43)27-48-34-7-5-8-35(22-34)50(44,45)38(28-42)14-15-38/h4-13,21-22,32-33,39-40,42-43H,2-3,14-20,23-28H2,1H3/t32-,33?/m0/s1. The molecule has 1 saturated carbocycles. The number of aliphatic hydroxyl groups is 2. The minimum absolute atomic E-state index is 0.000294. The van der Waals surface area contributed by atoms with E-state index in [9.17, 15) is 27.0 Å². The van der Waals surface area contributed by atoms with Crippen LogP contribution >= 0.6 is 0 Å². The van der Waals surface area contributed by atoms with Gasteiger partial charge in [-0.2, -0.15) is 4.31 Å². The number of ether oxygens (including phenoxy) is 2. The van der Waals surface area contributed by atoms with Gasteiger partial charge in [-0.25, -0.2) is 16.8 Å². The third-order valence-electron chi connectivity index (χ3n) is 10.5. The number of piperidine rings is 1. The van der Waals surface area contributed by atoms with Crippen LogP contribution in [0.3, 0.4) is 0 Å². The quantitative estimate of drug-likeness (QED) is 0.150. The van der Waals surface area contributed by atoms with Crippen molar-refractivity contribution in [2.45, 2.75) is 90.7 Å². The van der Waals surface area contributed by atoms with Crippen LogP contribution < -0.4 is 15.4 Å². The molecule has 6 rings (SSSR count). The van der Waals surface area contributed by atoms with Crippen molar-refractivity contribution in [3.8, 4) is 16.9 Å². The van der Waals surface area contributed by atoms with Gasteiger partial charge in [0.15, 0.2) is 9.84 Å². The topological polar surface area (TPSA) is 154 Å². The molecule has 3 aliphatic rings. The summed E-state index contributed by atoms with van der Waals surface area (Å²) in [6.45, 7) is 4.98. The van der Waals surface area contributed by atoms with Crippen LogP contribution in [0.2, 0.25) is 0 Å². The van der Waals surface area contributed by atoms with Gasteiger partial charge < -0.3 is 30.3 Å². The number of aliphatic hydroxyl groups excluding tert-OH is 2. The zero-order chi connectivity index (χ0) is 36.1. The Morgan fingerprint density at radius 2 is 1.67 bits per heavy atom. The lowest BCUT2D eigenvalue weighted by atomic mass is 9.88. The summed E-state index contributed by atoms with van der Waals surface area (Å²) in [4.78, 5) is 0.390. The molecule has 13 heteroatoms. The molecule has 1 spiro atoms. The number of sulfone groups is 1. The molecule has 3 fully saturated rings. The van der Waals surface area contributed by atoms with Crippen LogP contribution in [0.4, 0.5) is 0 Å². The van der Waals surface area contributed by atoms with E-state index in [0.29, 0.717) is 57.6 Å². The number of hydrogen-bond donors (Lipinski definition) is 4. The normalized spacial score (nSPS) is 20.7. The third kappa shape index (κ3) is 8.68. The van der Waals surface area contributed by atoms with Gasteiger partial charge in [-0.05, 0) is 92.1 Å². The van der Waals surface area contributed by atoms with Crippen molar-refractivity contribution >= 4 is 19.9 Å². The van der Waals surface area contributed by atoms with Gasteiger partial charge in [-0.1, -0.05) is 55.8 Å². The molecule has 1 aliphatic carbocycles. The fourth-order valence-corrected chi connectivity index (χ4v) is 10.3. The number of nitrogens with zero attached hydrogens (tertiary/aromatic N) is 1. The van der Waals surface area contributed by atoms with Gasteiger partial charge in [0.2, 0.25) is 10.0 Å². The molecular weight excluding hydrogens is 691 g/mol. The molecule has 0 bridgehead atoms. The van der Waals surface area contributed by atoms with E-state index < -0.39 is 42.9 Å². The highest BCUT2D eigenvalue weighted by molar-refractivity contribution is 7.93. The van der Waals surface area contributed by atoms with Crippen LogP contribution in [-0.2, 0) is 31.1 Å². The number of sulfonamides is 1. The predicted molar refractivity (Wildman–Crippen MR) is 196 cm³/mol. The van der Waals surface area contributed by atoms with E-state index in [-0.39, 0.29) is 29.0 Å². The summed E-state index contributed by atoms with van der Waals surface area (Å²) in [6.07, 6.45) is 4.21. The molecular formula is C38H51N3O8S2. The lowest BCUT2D eigenvalue weighted by Gasteiger charge is -2.38. The van der Waals surface area contributed by atoms with Crippen molar-refractivity contribution in [2.75, 3.05) is 46.0 Å². The highest BCUT2D eigenvalue weighted by Gasteiger charge is 2.54. The van der Waals surface area contributed by atoms with Crippen molar-refractivity contribution in [1.29, 1.82) is 0 Å². The summed E-state index contributed by atoms with van der Waals surface area (Å²) in [5.41, 5.74) is 2.61. The van der Waals surface area contributed by atoms with E-state index in [1.807, 2.05) is 18.2 Å². The third-order valence-corrected chi connectivity index (χ3v) is 15.0. The van der Waals surface area contributed by atoms with E-state index in [4.69, 9.17) is 9.47 Å². The van der Waals surface area contributed by atoms with Crippen LogP contribution in [0, 0.1) is 0 Å². The highest BCUT2D eigenvalue weighted by Crippen LogP contribution is 2.46. The van der Waals surface area contributed by atoms with Crippen LogP contribution in [0.15, 0.2) is 82.6 Å². The van der Waals surface area contributed by atoms with Gasteiger partial charge in [0, 0.05) is 32.2 Å². The number of rotatable bonds is 17. The first-order valence-corrected chi connectivity index (χ1v) is 21.0. The average molecular weight is 742 g/mol. The maximum absolute atomic E-state index is 13.7. The number of hydrogen-bond acceptors (Lipinski definition) is 10. The van der Waals surface area contributed by atoms with Gasteiger partial charge in [0.1, 0.15) is 18.5 Å². The maximum atomic E-state index is 13.7. The summed E-state index contributed by atoms with van der Waals surface area (Å²) < 4.78 is 65.7. The summed E-state index contributed by atoms with van der Waals surface area (Å²) >= 11 is 0. The Morgan fingerprint density at radius 3 is 2.37 bits per heavy atom. The zero-order valence-corrected chi connectivity index (χ0v) is 30.9. The smallest absolute Gasteiger partial charge is 0.243 e. The first kappa shape index (κ1) is 37.9. The Hall–Kier alpha value is -2.88. The van der Waals surface area contributed by atoms with Crippen molar-refractivity contribution in [3.63, 3.8) is 0 Å². The fraction of sp³-hybridized carbons (Fsp3) is 0.526. The minimum Gasteiger partial charge on any atom is -0.491 e. The van der Waals surface area contributed by atoms with Crippen molar-refractivity contribution in [2.24, 2.45) is 0 Å². The van der Waals surface area contributed by atoms with E-state index in [1.54, 1.807) is 34.6 Å². The molecule has 51 heavy (non-hydrogen) atoms. The van der Waals surface area contributed by atoms with Crippen molar-refractivity contribution in [3.05, 3.63) is 78.4 Å². The van der Waals surface area contributed by atoms with Gasteiger partial charge in [-0.15, -0.1) is 0 Å². The van der Waals surface area contributed by atoms with Crippen molar-refractivity contribution < 1.29 is 36.5 Å². The lowest BCUT2D eigenvalue weighted by Crippen LogP contribution is -2.47. The molecule has 3 aromatic rings. The predicted octanol–water partition coefficient (Wildman–Crippen LogP) is 3.88. The first-order chi connectivity index (χ1) is 24.5. The molecule has 278 valence electrons. The van der Waals surface area contributed by atoms with Crippen LogP contribution in [0.25, 0.3) is 11.1 Å². The molecule has 2 saturated heterocycles. The summed E-state index contributed by atoms with van der Waals surface area (Å²) in [6, 6.07) is 21.6. The summed E-state index contributed by atoms with van der Waals surface area (Å²) in [5, 5.41) is 27.0. The maximum Gasteiger partial charge on any atom is 0.243 e. The van der Waals surface area contributed by atoms with E-state index in [0.717, 1.165) is 37.1 Å². The molecule has 0 radical (unpaired) electrons. The monoisotopic (exact) mass is 741 g/mol. The molecule has 4 N–H and O–H groups in total. The number of unbranched alkanes of at least 4 members (excludes halogenated alkanes) is 1. The fourth-order valence-electron chi connectivity index (χ4n) is 6.98.